The van der Waals surface area contributed by atoms with Crippen LogP contribution < -0.4 is 5.32 Å². The first-order valence-corrected chi connectivity index (χ1v) is 6.59. The van der Waals surface area contributed by atoms with E-state index in [9.17, 15) is 14.9 Å². The predicted octanol–water partition coefficient (Wildman–Crippen LogP) is 2.21. The molecule has 0 aromatic heterocycles. The molecule has 2 N–H and O–H groups in total. The monoisotopic (exact) mass is 268 g/mol. The molecular formula is C11H12N2O4S. The molecular weight excluding hydrogens is 256 g/mol. The normalized spacial score (nSPS) is 18.6. The third-order valence-electron chi connectivity index (χ3n) is 2.73. The van der Waals surface area contributed by atoms with Crippen molar-refractivity contribution >= 4 is 29.1 Å². The highest BCUT2D eigenvalue weighted by Crippen LogP contribution is 2.29. The molecule has 1 aliphatic rings. The van der Waals surface area contributed by atoms with E-state index in [0.717, 1.165) is 17.9 Å². The lowest BCUT2D eigenvalue weighted by Crippen LogP contribution is -2.19. The number of thioether (sulfide) groups is 1. The third-order valence-corrected chi connectivity index (χ3v) is 3.89. The third kappa shape index (κ3) is 2.73. The van der Waals surface area contributed by atoms with Crippen LogP contribution in [0.15, 0.2) is 18.2 Å². The van der Waals surface area contributed by atoms with Crippen LogP contribution >= 0.6 is 11.8 Å². The summed E-state index contributed by atoms with van der Waals surface area (Å²) in [5, 5.41) is 22.8. The van der Waals surface area contributed by atoms with Crippen molar-refractivity contribution < 1.29 is 14.8 Å². The van der Waals surface area contributed by atoms with Gasteiger partial charge in [0.05, 0.1) is 10.5 Å². The minimum Gasteiger partial charge on any atom is -0.478 e. The molecule has 1 atom stereocenters. The molecule has 1 aromatic rings. The molecule has 0 spiro atoms. The van der Waals surface area contributed by atoms with Gasteiger partial charge in [-0.1, -0.05) is 0 Å². The first kappa shape index (κ1) is 12.7. The van der Waals surface area contributed by atoms with E-state index in [1.807, 2.05) is 0 Å². The van der Waals surface area contributed by atoms with Gasteiger partial charge in [0.2, 0.25) is 0 Å². The summed E-state index contributed by atoms with van der Waals surface area (Å²) in [5.41, 5.74) is 0.248. The van der Waals surface area contributed by atoms with E-state index in [1.54, 1.807) is 11.8 Å². The average Bonchev–Trinajstić information content (AvgIpc) is 2.81. The highest BCUT2D eigenvalue weighted by molar-refractivity contribution is 7.99. The number of carbonyl (C=O) groups is 1. The summed E-state index contributed by atoms with van der Waals surface area (Å²) < 4.78 is 0. The molecule has 1 aromatic carbocycles. The lowest BCUT2D eigenvalue weighted by Gasteiger charge is -2.13. The summed E-state index contributed by atoms with van der Waals surface area (Å²) in [6, 6.07) is 3.96. The molecule has 0 bridgehead atoms. The Bertz CT molecular complexity index is 486. The van der Waals surface area contributed by atoms with E-state index in [0.29, 0.717) is 0 Å². The summed E-state index contributed by atoms with van der Waals surface area (Å²) in [7, 11) is 0. The molecule has 0 saturated carbocycles. The van der Waals surface area contributed by atoms with Gasteiger partial charge in [-0.05, 0) is 24.3 Å². The van der Waals surface area contributed by atoms with E-state index < -0.39 is 10.9 Å². The highest BCUT2D eigenvalue weighted by Gasteiger charge is 2.21. The molecule has 18 heavy (non-hydrogen) atoms. The largest absolute Gasteiger partial charge is 0.478 e. The van der Waals surface area contributed by atoms with Crippen molar-refractivity contribution in [3.05, 3.63) is 33.9 Å². The van der Waals surface area contributed by atoms with Crippen molar-refractivity contribution in [2.75, 3.05) is 16.8 Å². The lowest BCUT2D eigenvalue weighted by molar-refractivity contribution is -0.384. The van der Waals surface area contributed by atoms with Crippen molar-refractivity contribution in [3.8, 4) is 0 Å². The highest BCUT2D eigenvalue weighted by atomic mass is 32.2. The molecule has 6 nitrogen and oxygen atoms in total. The predicted molar refractivity (Wildman–Crippen MR) is 69.4 cm³/mol. The number of anilines is 1. The fourth-order valence-corrected chi connectivity index (χ4v) is 2.96. The van der Waals surface area contributed by atoms with Gasteiger partial charge in [0.25, 0.3) is 5.69 Å². The Kier molecular flexibility index (Phi) is 3.71. The number of nitrogens with one attached hydrogen (secondary N) is 1. The number of nitro benzene ring substituents is 1. The number of carboxylic acid groups (broad SMARTS) is 1. The van der Waals surface area contributed by atoms with Gasteiger partial charge in [0, 0.05) is 17.9 Å². The molecule has 1 aliphatic heterocycles. The maximum Gasteiger partial charge on any atom is 0.335 e. The van der Waals surface area contributed by atoms with Crippen LogP contribution in [0.1, 0.15) is 16.8 Å². The second kappa shape index (κ2) is 5.26. The number of nitrogens with zero attached hydrogens (tertiary/aromatic N) is 1. The average molecular weight is 268 g/mol. The number of benzene rings is 1. The summed E-state index contributed by atoms with van der Waals surface area (Å²) >= 11 is 1.78. The van der Waals surface area contributed by atoms with Crippen LogP contribution in [0.3, 0.4) is 0 Å². The topological polar surface area (TPSA) is 92.5 Å². The molecule has 2 rings (SSSR count). The Morgan fingerprint density at radius 1 is 1.56 bits per heavy atom. The number of hydrogen-bond acceptors (Lipinski definition) is 5. The Hall–Kier alpha value is -1.76. The van der Waals surface area contributed by atoms with Crippen LogP contribution in [-0.4, -0.2) is 33.5 Å². The van der Waals surface area contributed by atoms with Gasteiger partial charge in [-0.15, -0.1) is 0 Å². The van der Waals surface area contributed by atoms with Gasteiger partial charge < -0.3 is 10.4 Å². The molecule has 0 aliphatic carbocycles. The molecule has 1 unspecified atom stereocenters. The fourth-order valence-electron chi connectivity index (χ4n) is 1.81. The molecule has 7 heteroatoms. The molecule has 1 saturated heterocycles. The van der Waals surface area contributed by atoms with Crippen molar-refractivity contribution in [2.24, 2.45) is 0 Å². The van der Waals surface area contributed by atoms with Crippen LogP contribution in [0.4, 0.5) is 11.4 Å². The maximum atomic E-state index is 10.9. The molecule has 1 fully saturated rings. The minimum atomic E-state index is -1.09. The van der Waals surface area contributed by atoms with Crippen molar-refractivity contribution in [1.29, 1.82) is 0 Å². The molecule has 96 valence electrons. The molecule has 1 heterocycles. The Labute approximate surface area is 108 Å². The Balaban J connectivity index is 2.30. The maximum absolute atomic E-state index is 10.9. The smallest absolute Gasteiger partial charge is 0.335 e. The lowest BCUT2D eigenvalue weighted by atomic mass is 10.1. The fraction of sp³-hybridized carbons (Fsp3) is 0.364. The molecule has 0 amide bonds. The summed E-state index contributed by atoms with van der Waals surface area (Å²) in [5.74, 6) is 0.812. The van der Waals surface area contributed by atoms with Gasteiger partial charge in [0.15, 0.2) is 0 Å². The van der Waals surface area contributed by atoms with Gasteiger partial charge in [-0.2, -0.15) is 11.8 Å². The van der Waals surface area contributed by atoms with E-state index >= 15 is 0 Å². The second-order valence-electron chi connectivity index (χ2n) is 4.00. The first-order chi connectivity index (χ1) is 8.58. The summed E-state index contributed by atoms with van der Waals surface area (Å²) in [4.78, 5) is 21.3. The van der Waals surface area contributed by atoms with Crippen LogP contribution in [0.25, 0.3) is 0 Å². The Morgan fingerprint density at radius 3 is 2.89 bits per heavy atom. The Morgan fingerprint density at radius 2 is 2.33 bits per heavy atom. The number of hydrogen-bond donors (Lipinski definition) is 2. The number of nitro groups is 1. The van der Waals surface area contributed by atoms with Crippen LogP contribution in [0.2, 0.25) is 0 Å². The zero-order valence-corrected chi connectivity index (χ0v) is 10.3. The van der Waals surface area contributed by atoms with Gasteiger partial charge in [0.1, 0.15) is 5.69 Å². The zero-order valence-electron chi connectivity index (χ0n) is 9.46. The van der Waals surface area contributed by atoms with Gasteiger partial charge >= 0.3 is 5.97 Å². The summed E-state index contributed by atoms with van der Waals surface area (Å²) in [6.07, 6.45) is 0.930. The van der Waals surface area contributed by atoms with Crippen LogP contribution in [0, 0.1) is 10.1 Å². The summed E-state index contributed by atoms with van der Waals surface area (Å²) in [6.45, 7) is 0. The van der Waals surface area contributed by atoms with E-state index in [4.69, 9.17) is 5.11 Å². The SMILES string of the molecule is O=C(O)c1ccc([N+](=O)[O-])c(NC2CCSC2)c1. The van der Waals surface area contributed by atoms with Crippen LogP contribution in [-0.2, 0) is 0 Å². The second-order valence-corrected chi connectivity index (χ2v) is 5.15. The first-order valence-electron chi connectivity index (χ1n) is 5.44. The van der Waals surface area contributed by atoms with Crippen LogP contribution in [0.5, 0.6) is 0 Å². The standard InChI is InChI=1S/C11H12N2O4S/c14-11(15)7-1-2-10(13(16)17)9(5-7)12-8-3-4-18-6-8/h1-2,5,8,12H,3-4,6H2,(H,14,15). The minimum absolute atomic E-state index is 0.0498. The molecule has 0 radical (unpaired) electrons. The number of aromatic carboxylic acids is 1. The van der Waals surface area contributed by atoms with Gasteiger partial charge in [-0.3, -0.25) is 10.1 Å². The zero-order chi connectivity index (χ0) is 13.1. The van der Waals surface area contributed by atoms with E-state index in [2.05, 4.69) is 5.32 Å². The van der Waals surface area contributed by atoms with Crippen molar-refractivity contribution in [3.63, 3.8) is 0 Å². The number of carboxylic acids is 1. The van der Waals surface area contributed by atoms with Crippen molar-refractivity contribution in [1.82, 2.24) is 0 Å². The van der Waals surface area contributed by atoms with E-state index in [1.165, 1.54) is 18.2 Å². The number of rotatable bonds is 4. The van der Waals surface area contributed by atoms with Gasteiger partial charge in [-0.25, -0.2) is 4.79 Å². The van der Waals surface area contributed by atoms with Crippen molar-refractivity contribution in [2.45, 2.75) is 12.5 Å². The quantitative estimate of drug-likeness (QED) is 0.642. The van der Waals surface area contributed by atoms with E-state index in [-0.39, 0.29) is 23.0 Å².